The number of ether oxygens (including phenoxy) is 2. The molecule has 7 nitrogen and oxygen atoms in total. The van der Waals surface area contributed by atoms with Crippen LogP contribution < -0.4 is 20.3 Å². The summed E-state index contributed by atoms with van der Waals surface area (Å²) in [5, 5.41) is 6.85. The molecule has 22 heavy (non-hydrogen) atoms. The average Bonchev–Trinajstić information content (AvgIpc) is 2.79. The quantitative estimate of drug-likeness (QED) is 0.743. The lowest BCUT2D eigenvalue weighted by atomic mass is 10.2. The van der Waals surface area contributed by atoms with Gasteiger partial charge in [-0.2, -0.15) is 4.98 Å². The molecule has 1 rings (SSSR count). The van der Waals surface area contributed by atoms with Gasteiger partial charge in [0.2, 0.25) is 5.88 Å². The molecule has 8 heteroatoms. The summed E-state index contributed by atoms with van der Waals surface area (Å²) in [7, 11) is 5.50. The predicted molar refractivity (Wildman–Crippen MR) is 88.9 cm³/mol. The Kier molecular flexibility index (Phi) is 6.89. The molecule has 0 saturated carbocycles. The summed E-state index contributed by atoms with van der Waals surface area (Å²) in [6, 6.07) is 0. The molecular weight excluding hydrogens is 304 g/mol. The fourth-order valence-electron chi connectivity index (χ4n) is 1.56. The Morgan fingerprint density at radius 3 is 2.55 bits per heavy atom. The number of nitrogens with one attached hydrogen (secondary N) is 2. The first-order valence-corrected chi connectivity index (χ1v) is 7.93. The maximum atomic E-state index is 11.5. The summed E-state index contributed by atoms with van der Waals surface area (Å²) in [6.45, 7) is 7.29. The zero-order valence-corrected chi connectivity index (χ0v) is 15.0. The Labute approximate surface area is 136 Å². The molecule has 1 amide bonds. The zero-order chi connectivity index (χ0) is 16.8. The molecule has 0 spiro atoms. The highest BCUT2D eigenvalue weighted by molar-refractivity contribution is 7.15. The van der Waals surface area contributed by atoms with Crippen molar-refractivity contribution >= 4 is 22.6 Å². The van der Waals surface area contributed by atoms with Gasteiger partial charge in [-0.3, -0.25) is 0 Å². The van der Waals surface area contributed by atoms with E-state index in [9.17, 15) is 4.79 Å². The molecule has 0 unspecified atom stereocenters. The second-order valence-electron chi connectivity index (χ2n) is 5.93. The normalized spacial score (nSPS) is 11.2. The van der Waals surface area contributed by atoms with Gasteiger partial charge in [-0.25, -0.2) is 4.79 Å². The average molecular weight is 330 g/mol. The minimum atomic E-state index is -0.476. The summed E-state index contributed by atoms with van der Waals surface area (Å²) in [5.74, 6) is 0.640. The molecule has 0 fully saturated rings. The number of rotatable bonds is 7. The smallest absolute Gasteiger partial charge is 0.407 e. The number of alkyl carbamates (subject to hydrolysis) is 1. The Hall–Kier alpha value is -1.54. The minimum absolute atomic E-state index is 0.403. The standard InChI is InChI=1S/C14H26N4O3S/c1-14(2,3)21-13(19)16-8-7-15-9-10-11(20-6)17-12(22-10)18(4)5/h15H,7-9H2,1-6H3,(H,16,19). The fourth-order valence-corrected chi connectivity index (χ4v) is 2.48. The lowest BCUT2D eigenvalue weighted by molar-refractivity contribution is 0.0528. The van der Waals surface area contributed by atoms with E-state index in [0.717, 1.165) is 10.0 Å². The van der Waals surface area contributed by atoms with Gasteiger partial charge in [-0.05, 0) is 20.8 Å². The van der Waals surface area contributed by atoms with Gasteiger partial charge >= 0.3 is 6.09 Å². The molecule has 0 aliphatic carbocycles. The maximum Gasteiger partial charge on any atom is 0.407 e. The predicted octanol–water partition coefficient (Wildman–Crippen LogP) is 1.83. The summed E-state index contributed by atoms with van der Waals surface area (Å²) in [6.07, 6.45) is -0.403. The van der Waals surface area contributed by atoms with Crippen molar-refractivity contribution in [3.63, 3.8) is 0 Å². The van der Waals surface area contributed by atoms with Gasteiger partial charge in [-0.15, -0.1) is 0 Å². The molecule has 2 N–H and O–H groups in total. The van der Waals surface area contributed by atoms with E-state index in [-0.39, 0.29) is 0 Å². The number of hydrogen-bond donors (Lipinski definition) is 2. The highest BCUT2D eigenvalue weighted by Crippen LogP contribution is 2.29. The van der Waals surface area contributed by atoms with E-state index < -0.39 is 11.7 Å². The van der Waals surface area contributed by atoms with Gasteiger partial charge < -0.3 is 25.0 Å². The Balaban J connectivity index is 2.32. The molecule has 0 bridgehead atoms. The van der Waals surface area contributed by atoms with Crippen molar-refractivity contribution in [2.24, 2.45) is 0 Å². The molecule has 0 aromatic carbocycles. The molecule has 0 aliphatic rings. The summed E-state index contributed by atoms with van der Waals surface area (Å²) < 4.78 is 10.4. The third-order valence-corrected chi connectivity index (χ3v) is 3.69. The van der Waals surface area contributed by atoms with Crippen LogP contribution in [0.2, 0.25) is 0 Å². The highest BCUT2D eigenvalue weighted by Gasteiger charge is 2.15. The van der Waals surface area contributed by atoms with Crippen LogP contribution in [0.5, 0.6) is 5.88 Å². The third-order valence-electron chi connectivity index (χ3n) is 2.48. The van der Waals surface area contributed by atoms with E-state index in [2.05, 4.69) is 15.6 Å². The molecule has 1 heterocycles. The van der Waals surface area contributed by atoms with E-state index in [1.54, 1.807) is 18.4 Å². The van der Waals surface area contributed by atoms with Crippen LogP contribution in [-0.2, 0) is 11.3 Å². The number of hydrogen-bond acceptors (Lipinski definition) is 7. The lowest BCUT2D eigenvalue weighted by Crippen LogP contribution is -2.36. The van der Waals surface area contributed by atoms with Crippen LogP contribution in [-0.4, -0.2) is 51.0 Å². The largest absolute Gasteiger partial charge is 0.480 e. The second-order valence-corrected chi connectivity index (χ2v) is 6.99. The fraction of sp³-hybridized carbons (Fsp3) is 0.714. The third kappa shape index (κ3) is 6.48. The Morgan fingerprint density at radius 2 is 2.00 bits per heavy atom. The highest BCUT2D eigenvalue weighted by atomic mass is 32.1. The van der Waals surface area contributed by atoms with E-state index >= 15 is 0 Å². The van der Waals surface area contributed by atoms with Crippen LogP contribution in [0.15, 0.2) is 0 Å². The molecule has 0 radical (unpaired) electrons. The van der Waals surface area contributed by atoms with Crippen LogP contribution in [0.1, 0.15) is 25.6 Å². The molecule has 0 saturated heterocycles. The number of amides is 1. The van der Waals surface area contributed by atoms with Crippen molar-refractivity contribution in [3.05, 3.63) is 4.88 Å². The molecule has 1 aromatic rings. The van der Waals surface area contributed by atoms with Crippen molar-refractivity contribution in [1.29, 1.82) is 0 Å². The molecule has 1 aromatic heterocycles. The first-order valence-electron chi connectivity index (χ1n) is 7.11. The van der Waals surface area contributed by atoms with Gasteiger partial charge in [0, 0.05) is 33.7 Å². The lowest BCUT2D eigenvalue weighted by Gasteiger charge is -2.19. The summed E-state index contributed by atoms with van der Waals surface area (Å²) in [5.41, 5.74) is -0.476. The van der Waals surface area contributed by atoms with Gasteiger partial charge in [0.1, 0.15) is 5.60 Å². The number of methoxy groups -OCH3 is 1. The Morgan fingerprint density at radius 1 is 1.32 bits per heavy atom. The monoisotopic (exact) mass is 330 g/mol. The number of carbonyl (C=O) groups excluding carboxylic acids is 1. The van der Waals surface area contributed by atoms with Crippen LogP contribution in [0.4, 0.5) is 9.93 Å². The molecule has 0 aliphatic heterocycles. The maximum absolute atomic E-state index is 11.5. The van der Waals surface area contributed by atoms with Crippen molar-refractivity contribution < 1.29 is 14.3 Å². The van der Waals surface area contributed by atoms with Crippen LogP contribution in [0.3, 0.4) is 0 Å². The van der Waals surface area contributed by atoms with Crippen LogP contribution >= 0.6 is 11.3 Å². The van der Waals surface area contributed by atoms with E-state index in [4.69, 9.17) is 9.47 Å². The van der Waals surface area contributed by atoms with E-state index in [1.807, 2.05) is 39.8 Å². The number of anilines is 1. The van der Waals surface area contributed by atoms with Gasteiger partial charge in [0.05, 0.1) is 12.0 Å². The SMILES string of the molecule is COc1nc(N(C)C)sc1CNCCNC(=O)OC(C)(C)C. The van der Waals surface area contributed by atoms with Crippen LogP contribution in [0, 0.1) is 0 Å². The van der Waals surface area contributed by atoms with Crippen molar-refractivity contribution in [2.45, 2.75) is 32.9 Å². The topological polar surface area (TPSA) is 75.7 Å². The van der Waals surface area contributed by atoms with Gasteiger partial charge in [0.25, 0.3) is 0 Å². The number of nitrogens with zero attached hydrogens (tertiary/aromatic N) is 2. The number of carbonyl (C=O) groups is 1. The summed E-state index contributed by atoms with van der Waals surface area (Å²) >= 11 is 1.58. The van der Waals surface area contributed by atoms with Crippen molar-refractivity contribution in [1.82, 2.24) is 15.6 Å². The minimum Gasteiger partial charge on any atom is -0.480 e. The van der Waals surface area contributed by atoms with Crippen molar-refractivity contribution in [3.8, 4) is 5.88 Å². The molecular formula is C14H26N4O3S. The second kappa shape index (κ2) is 8.19. The van der Waals surface area contributed by atoms with E-state index in [0.29, 0.717) is 25.5 Å². The summed E-state index contributed by atoms with van der Waals surface area (Å²) in [4.78, 5) is 18.8. The van der Waals surface area contributed by atoms with Gasteiger partial charge in [-0.1, -0.05) is 11.3 Å². The van der Waals surface area contributed by atoms with E-state index in [1.165, 1.54) is 0 Å². The molecule has 0 atom stereocenters. The zero-order valence-electron chi connectivity index (χ0n) is 14.1. The van der Waals surface area contributed by atoms with Crippen molar-refractivity contribution in [2.75, 3.05) is 39.2 Å². The first-order chi connectivity index (χ1) is 10.2. The number of aromatic nitrogens is 1. The Bertz CT molecular complexity index is 483. The number of thiazole rings is 1. The van der Waals surface area contributed by atoms with Gasteiger partial charge in [0.15, 0.2) is 5.13 Å². The molecule has 126 valence electrons. The first kappa shape index (κ1) is 18.5. The van der Waals surface area contributed by atoms with Crippen LogP contribution in [0.25, 0.3) is 0 Å².